The Morgan fingerprint density at radius 1 is 0.956 bits per heavy atom. The third-order valence-electron chi connectivity index (χ3n) is 7.59. The second-order valence-electron chi connectivity index (χ2n) is 10.6. The second kappa shape index (κ2) is 10.9. The van der Waals surface area contributed by atoms with E-state index in [2.05, 4.69) is 24.9 Å². The molecule has 2 unspecified atom stereocenters. The number of H-pyrrole nitrogens is 1. The molecule has 8 N–H and O–H groups in total. The number of nitrogens with zero attached hydrogens (tertiary/aromatic N) is 6. The predicted molar refractivity (Wildman–Crippen MR) is 149 cm³/mol. The maximum Gasteiger partial charge on any atom is 0.472 e. The van der Waals surface area contributed by atoms with Crippen molar-refractivity contribution in [1.82, 2.24) is 34.1 Å². The molecule has 3 fully saturated rings. The molecule has 242 valence electrons. The van der Waals surface area contributed by atoms with Gasteiger partial charge in [0.15, 0.2) is 29.3 Å². The number of nitrogens with one attached hydrogen (secondary N) is 1. The summed E-state index contributed by atoms with van der Waals surface area (Å²) >= 11 is 0. The van der Waals surface area contributed by atoms with Crippen LogP contribution in [0.15, 0.2) is 29.7 Å². The van der Waals surface area contributed by atoms with Crippen LogP contribution < -0.4 is 17.0 Å². The standard InChI is InChI=1S/C22H27N9O12P2/c1-8-15-16(14(32)21(40-15)30-6-26-12-10(23)2-3-25-17(12)30)43-44(34,35)38-5-9-4-11(42-45(36,37)41-8)20(39-9)31-7-27-13-18(31)28-22(24)29-19(13)33/h2-3,6-9,11,14-16,20-21,32H,4-5H2,1H3,(H2,23,25)(H,34,35)(H,36,37)(H3,24,28,29,33)/t8-,9+,11-,14-,15-,16+,20-,21-/m1/s1. The van der Waals surface area contributed by atoms with E-state index in [0.29, 0.717) is 11.2 Å². The third kappa shape index (κ3) is 5.45. The van der Waals surface area contributed by atoms with Crippen LogP contribution in [0.25, 0.3) is 22.3 Å². The number of imidazole rings is 2. The van der Waals surface area contributed by atoms with Gasteiger partial charge in [0.1, 0.15) is 29.9 Å². The van der Waals surface area contributed by atoms with E-state index >= 15 is 0 Å². The molecule has 0 amide bonds. The Labute approximate surface area is 251 Å². The zero-order valence-corrected chi connectivity index (χ0v) is 24.9. The number of nitrogen functional groups attached to an aromatic ring is 2. The average molecular weight is 671 g/mol. The smallest absolute Gasteiger partial charge is 0.397 e. The molecular weight excluding hydrogens is 644 g/mol. The molecule has 0 radical (unpaired) electrons. The first-order valence-corrected chi connectivity index (χ1v) is 16.4. The summed E-state index contributed by atoms with van der Waals surface area (Å²) in [6.07, 6.45) is -7.06. The van der Waals surface area contributed by atoms with Crippen LogP contribution in [0.3, 0.4) is 0 Å². The number of phosphoric acid groups is 2. The number of aliphatic hydroxyl groups excluding tert-OH is 1. The first-order chi connectivity index (χ1) is 21.3. The number of aliphatic hydroxyl groups is 1. The summed E-state index contributed by atoms with van der Waals surface area (Å²) in [6.45, 7) is 0.771. The minimum atomic E-state index is -4.96. The van der Waals surface area contributed by atoms with Crippen LogP contribution >= 0.6 is 15.6 Å². The van der Waals surface area contributed by atoms with Gasteiger partial charge in [0.25, 0.3) is 5.56 Å². The van der Waals surface area contributed by atoms with Crippen molar-refractivity contribution in [3.05, 3.63) is 35.3 Å². The molecule has 0 aliphatic carbocycles. The lowest BCUT2D eigenvalue weighted by Crippen LogP contribution is -2.40. The molecule has 2 bridgehead atoms. The highest BCUT2D eigenvalue weighted by molar-refractivity contribution is 7.47. The van der Waals surface area contributed by atoms with Crippen molar-refractivity contribution in [3.63, 3.8) is 0 Å². The van der Waals surface area contributed by atoms with E-state index < -0.39 is 76.9 Å². The summed E-state index contributed by atoms with van der Waals surface area (Å²) in [5, 5.41) is 11.3. The Morgan fingerprint density at radius 2 is 1.69 bits per heavy atom. The van der Waals surface area contributed by atoms with E-state index in [1.165, 1.54) is 41.0 Å². The predicted octanol–water partition coefficient (Wildman–Crippen LogP) is -0.319. The summed E-state index contributed by atoms with van der Waals surface area (Å²) in [6, 6.07) is 1.53. The summed E-state index contributed by atoms with van der Waals surface area (Å²) in [4.78, 5) is 52.7. The molecular formula is C22H27N9O12P2. The molecule has 4 aromatic heterocycles. The summed E-state index contributed by atoms with van der Waals surface area (Å²) in [5.41, 5.74) is 11.8. The molecule has 0 spiro atoms. The van der Waals surface area contributed by atoms with E-state index in [1.807, 2.05) is 0 Å². The fourth-order valence-corrected chi connectivity index (χ4v) is 7.76. The zero-order chi connectivity index (χ0) is 31.8. The van der Waals surface area contributed by atoms with E-state index in [0.717, 1.165) is 0 Å². The number of anilines is 2. The quantitative estimate of drug-likeness (QED) is 0.149. The van der Waals surface area contributed by atoms with Gasteiger partial charge in [0.05, 0.1) is 37.2 Å². The average Bonchev–Trinajstić information content (AvgIpc) is 3.72. The van der Waals surface area contributed by atoms with Gasteiger partial charge in [-0.05, 0) is 13.0 Å². The van der Waals surface area contributed by atoms with Gasteiger partial charge in [-0.15, -0.1) is 0 Å². The molecule has 3 aliphatic rings. The number of nitrogens with two attached hydrogens (primary N) is 2. The molecule has 3 saturated heterocycles. The monoisotopic (exact) mass is 671 g/mol. The summed E-state index contributed by atoms with van der Waals surface area (Å²) < 4.78 is 62.6. The molecule has 0 aromatic carbocycles. The van der Waals surface area contributed by atoms with Gasteiger partial charge in [-0.3, -0.25) is 37.0 Å². The molecule has 23 heteroatoms. The minimum Gasteiger partial charge on any atom is -0.397 e. The highest BCUT2D eigenvalue weighted by Crippen LogP contribution is 2.55. The van der Waals surface area contributed by atoms with Crippen molar-refractivity contribution in [2.75, 3.05) is 18.1 Å². The number of fused-ring (bicyclic) bond motifs is 5. The highest BCUT2D eigenvalue weighted by Gasteiger charge is 2.54. The van der Waals surface area contributed by atoms with Crippen molar-refractivity contribution >= 4 is 49.6 Å². The number of pyridine rings is 1. The van der Waals surface area contributed by atoms with Crippen molar-refractivity contribution < 1.29 is 51.6 Å². The number of hydrogen-bond donors (Lipinski definition) is 6. The van der Waals surface area contributed by atoms with E-state index in [-0.39, 0.29) is 29.2 Å². The van der Waals surface area contributed by atoms with Crippen LogP contribution in [0.5, 0.6) is 0 Å². The van der Waals surface area contributed by atoms with E-state index in [1.54, 1.807) is 0 Å². The first kappa shape index (κ1) is 30.3. The van der Waals surface area contributed by atoms with Gasteiger partial charge in [-0.1, -0.05) is 0 Å². The normalized spacial score (nSPS) is 37.7. The summed E-state index contributed by atoms with van der Waals surface area (Å²) in [5.74, 6) is -0.218. The van der Waals surface area contributed by atoms with Gasteiger partial charge in [0, 0.05) is 12.6 Å². The lowest BCUT2D eigenvalue weighted by Gasteiger charge is -2.29. The second-order valence-corrected chi connectivity index (χ2v) is 13.4. The van der Waals surface area contributed by atoms with Gasteiger partial charge in [0.2, 0.25) is 5.95 Å². The molecule has 0 saturated carbocycles. The number of hydrogen-bond acceptors (Lipinski definition) is 16. The molecule has 45 heavy (non-hydrogen) atoms. The number of aromatic nitrogens is 7. The maximum atomic E-state index is 13.4. The first-order valence-electron chi connectivity index (χ1n) is 13.4. The van der Waals surface area contributed by atoms with Gasteiger partial charge in [-0.2, -0.15) is 4.98 Å². The van der Waals surface area contributed by atoms with Crippen molar-refractivity contribution in [3.8, 4) is 0 Å². The Hall–Kier alpha value is -3.33. The van der Waals surface area contributed by atoms with E-state index in [9.17, 15) is 28.8 Å². The number of rotatable bonds is 2. The van der Waals surface area contributed by atoms with Crippen LogP contribution in [0, 0.1) is 0 Å². The van der Waals surface area contributed by atoms with E-state index in [4.69, 9.17) is 39.0 Å². The molecule has 3 aliphatic heterocycles. The summed E-state index contributed by atoms with van der Waals surface area (Å²) in [7, 11) is -9.91. The largest absolute Gasteiger partial charge is 0.472 e. The van der Waals surface area contributed by atoms with Gasteiger partial charge in [-0.25, -0.2) is 24.1 Å². The number of aromatic amines is 1. The van der Waals surface area contributed by atoms with Gasteiger partial charge >= 0.3 is 15.6 Å². The van der Waals surface area contributed by atoms with Crippen molar-refractivity contribution in [2.45, 2.75) is 62.4 Å². The van der Waals surface area contributed by atoms with Gasteiger partial charge < -0.3 is 35.8 Å². The Bertz CT molecular complexity index is 1930. The van der Waals surface area contributed by atoms with Crippen molar-refractivity contribution in [1.29, 1.82) is 0 Å². The fraction of sp³-hybridized carbons (Fsp3) is 0.500. The third-order valence-corrected chi connectivity index (χ3v) is 9.72. The Morgan fingerprint density at radius 3 is 2.47 bits per heavy atom. The van der Waals surface area contributed by atoms with Crippen LogP contribution in [0.1, 0.15) is 25.8 Å². The molecule has 7 heterocycles. The highest BCUT2D eigenvalue weighted by atomic mass is 31.2. The molecule has 10 atom stereocenters. The van der Waals surface area contributed by atoms with Crippen LogP contribution in [-0.4, -0.2) is 92.2 Å². The van der Waals surface area contributed by atoms with Crippen LogP contribution in [0.4, 0.5) is 11.6 Å². The fourth-order valence-electron chi connectivity index (χ4n) is 5.67. The van der Waals surface area contributed by atoms with Crippen molar-refractivity contribution in [2.24, 2.45) is 0 Å². The molecule has 21 nitrogen and oxygen atoms in total. The lowest BCUT2D eigenvalue weighted by molar-refractivity contribution is -0.0870. The lowest BCUT2D eigenvalue weighted by atomic mass is 10.1. The molecule has 7 rings (SSSR count). The number of ether oxygens (including phenoxy) is 2. The minimum absolute atomic E-state index is 0.0127. The zero-order valence-electron chi connectivity index (χ0n) is 23.1. The molecule has 4 aromatic rings. The Kier molecular flexibility index (Phi) is 7.34. The topological polar surface area (TPSA) is 297 Å². The van der Waals surface area contributed by atoms with Crippen LogP contribution in [0.2, 0.25) is 0 Å². The number of phosphoric ester groups is 2. The van der Waals surface area contributed by atoms with Crippen LogP contribution in [-0.2, 0) is 36.7 Å². The Balaban J connectivity index is 1.21. The SMILES string of the molecule is C[C@H]1OP(=O)(O)O[C@@H]2C[C@@H](COP(=O)(O)O[C@H]3[C@@H](O)[C@H](n4cnc5c(N)ccnc54)O[C@@H]31)O[C@H]2n1cnc2c(=O)[nH]c(N)nc21. The maximum absolute atomic E-state index is 13.4.